The minimum atomic E-state index is 0.0147. The molecule has 0 heterocycles. The minimum Gasteiger partial charge on any atom is -0.466 e. The molecule has 2 heteroatoms. The molecule has 0 spiro atoms. The van der Waals surface area contributed by atoms with E-state index in [4.69, 9.17) is 4.74 Å². The van der Waals surface area contributed by atoms with Gasteiger partial charge in [0.15, 0.2) is 0 Å². The average molecular weight is 411 g/mol. The molecule has 174 valence electrons. The number of hydrogen-bond acceptors (Lipinski definition) is 2. The highest BCUT2D eigenvalue weighted by molar-refractivity contribution is 5.69. The first-order valence-corrected chi connectivity index (χ1v) is 13.4. The predicted octanol–water partition coefficient (Wildman–Crippen LogP) is 9.40. The highest BCUT2D eigenvalue weighted by atomic mass is 16.5. The van der Waals surface area contributed by atoms with Crippen molar-refractivity contribution in [1.29, 1.82) is 0 Å². The second-order valence-electron chi connectivity index (χ2n) is 9.31. The molecule has 0 aliphatic carbocycles. The van der Waals surface area contributed by atoms with E-state index in [9.17, 15) is 4.79 Å². The van der Waals surface area contributed by atoms with Crippen LogP contribution in [0.5, 0.6) is 0 Å². The Morgan fingerprint density at radius 2 is 1.03 bits per heavy atom. The van der Waals surface area contributed by atoms with Gasteiger partial charge in [0.05, 0.1) is 6.61 Å². The molecule has 0 fully saturated rings. The number of hydrogen-bond donors (Lipinski definition) is 0. The molecule has 29 heavy (non-hydrogen) atoms. The fourth-order valence-corrected chi connectivity index (χ4v) is 4.01. The molecule has 0 aromatic heterocycles. The summed E-state index contributed by atoms with van der Waals surface area (Å²) < 4.78 is 5.38. The van der Waals surface area contributed by atoms with Crippen molar-refractivity contribution >= 4 is 5.97 Å². The monoisotopic (exact) mass is 410 g/mol. The predicted molar refractivity (Wildman–Crippen MR) is 128 cm³/mol. The minimum absolute atomic E-state index is 0.0147. The zero-order valence-electron chi connectivity index (χ0n) is 20.5. The molecule has 0 aliphatic rings. The molecule has 0 rings (SSSR count). The maximum atomic E-state index is 11.8. The van der Waals surface area contributed by atoms with Crippen LogP contribution in [0.1, 0.15) is 156 Å². The Morgan fingerprint density at radius 3 is 1.55 bits per heavy atom. The molecule has 0 bridgehead atoms. The molecular weight excluding hydrogens is 356 g/mol. The van der Waals surface area contributed by atoms with Gasteiger partial charge in [-0.25, -0.2) is 0 Å². The van der Waals surface area contributed by atoms with Crippen LogP contribution in [0.3, 0.4) is 0 Å². The summed E-state index contributed by atoms with van der Waals surface area (Å²) >= 11 is 0. The number of carbonyl (C=O) groups is 1. The average Bonchev–Trinajstić information content (AvgIpc) is 2.72. The van der Waals surface area contributed by atoms with Gasteiger partial charge < -0.3 is 4.74 Å². The summed E-state index contributed by atoms with van der Waals surface area (Å²) in [5, 5.41) is 0. The van der Waals surface area contributed by atoms with E-state index in [1.165, 1.54) is 116 Å². The number of ether oxygens (including phenoxy) is 1. The summed E-state index contributed by atoms with van der Waals surface area (Å²) in [4.78, 5) is 11.8. The Labute approximate surface area is 184 Å². The zero-order chi connectivity index (χ0) is 21.4. The van der Waals surface area contributed by atoms with E-state index in [-0.39, 0.29) is 5.97 Å². The van der Waals surface area contributed by atoms with Crippen LogP contribution in [-0.4, -0.2) is 12.6 Å². The van der Waals surface area contributed by atoms with Crippen molar-refractivity contribution in [3.8, 4) is 0 Å². The maximum Gasteiger partial charge on any atom is 0.305 e. The van der Waals surface area contributed by atoms with E-state index in [0.29, 0.717) is 13.0 Å². The van der Waals surface area contributed by atoms with Crippen LogP contribution in [-0.2, 0) is 9.53 Å². The fourth-order valence-electron chi connectivity index (χ4n) is 4.01. The van der Waals surface area contributed by atoms with E-state index in [2.05, 4.69) is 20.8 Å². The van der Waals surface area contributed by atoms with E-state index in [0.717, 1.165) is 18.8 Å². The molecule has 0 radical (unpaired) electrons. The summed E-state index contributed by atoms with van der Waals surface area (Å²) in [5.74, 6) is 0.822. The molecule has 0 saturated heterocycles. The first kappa shape index (κ1) is 28.5. The Bertz CT molecular complexity index is 326. The quantitative estimate of drug-likeness (QED) is 0.124. The van der Waals surface area contributed by atoms with Gasteiger partial charge in [-0.05, 0) is 18.8 Å². The van der Waals surface area contributed by atoms with Gasteiger partial charge in [0.2, 0.25) is 0 Å². The van der Waals surface area contributed by atoms with Crippen molar-refractivity contribution in [1.82, 2.24) is 0 Å². The van der Waals surface area contributed by atoms with Crippen LogP contribution in [0, 0.1) is 5.92 Å². The standard InChI is InChI=1S/C27H54O2/c1-4-6-8-9-10-11-12-13-14-15-16-17-18-21-25-29-27(28)24-20-19-23-26(3)22-7-5-2/h26H,4-25H2,1-3H3/t26-/m0/s1. The summed E-state index contributed by atoms with van der Waals surface area (Å²) in [6.45, 7) is 7.50. The van der Waals surface area contributed by atoms with Gasteiger partial charge in [0.25, 0.3) is 0 Å². The first-order chi connectivity index (χ1) is 14.2. The third kappa shape index (κ3) is 23.6. The van der Waals surface area contributed by atoms with Crippen molar-refractivity contribution in [2.45, 2.75) is 156 Å². The number of unbranched alkanes of at least 4 members (excludes halogenated alkanes) is 15. The lowest BCUT2D eigenvalue weighted by Gasteiger charge is -2.10. The highest BCUT2D eigenvalue weighted by Gasteiger charge is 2.05. The van der Waals surface area contributed by atoms with Gasteiger partial charge in [0, 0.05) is 6.42 Å². The second kappa shape index (κ2) is 23.7. The van der Waals surface area contributed by atoms with Crippen molar-refractivity contribution in [3.05, 3.63) is 0 Å². The van der Waals surface area contributed by atoms with Crippen LogP contribution in [0.15, 0.2) is 0 Å². The lowest BCUT2D eigenvalue weighted by molar-refractivity contribution is -0.143. The third-order valence-electron chi connectivity index (χ3n) is 6.14. The van der Waals surface area contributed by atoms with Gasteiger partial charge in [-0.2, -0.15) is 0 Å². The van der Waals surface area contributed by atoms with Crippen LogP contribution < -0.4 is 0 Å². The highest BCUT2D eigenvalue weighted by Crippen LogP contribution is 2.16. The normalized spacial score (nSPS) is 12.2. The zero-order valence-corrected chi connectivity index (χ0v) is 20.5. The summed E-state index contributed by atoms with van der Waals surface area (Å²) in [5.41, 5.74) is 0. The third-order valence-corrected chi connectivity index (χ3v) is 6.14. The van der Waals surface area contributed by atoms with E-state index < -0.39 is 0 Å². The molecule has 0 aliphatic heterocycles. The molecular formula is C27H54O2. The second-order valence-corrected chi connectivity index (χ2v) is 9.31. The van der Waals surface area contributed by atoms with Gasteiger partial charge >= 0.3 is 5.97 Å². The fraction of sp³-hybridized carbons (Fsp3) is 0.963. The van der Waals surface area contributed by atoms with Gasteiger partial charge in [0.1, 0.15) is 0 Å². The SMILES string of the molecule is CCCCCCCCCCCCCCCCOC(=O)CCCC[C@@H](C)CCCC. The molecule has 1 atom stereocenters. The van der Waals surface area contributed by atoms with Crippen LogP contribution >= 0.6 is 0 Å². The molecule has 0 N–H and O–H groups in total. The number of carbonyl (C=O) groups excluding carboxylic acids is 1. The summed E-state index contributed by atoms with van der Waals surface area (Å²) in [6.07, 6.45) is 27.0. The molecule has 0 aromatic carbocycles. The largest absolute Gasteiger partial charge is 0.466 e. The first-order valence-electron chi connectivity index (χ1n) is 13.4. The van der Waals surface area contributed by atoms with Crippen LogP contribution in [0.2, 0.25) is 0 Å². The van der Waals surface area contributed by atoms with Crippen molar-refractivity contribution < 1.29 is 9.53 Å². The Hall–Kier alpha value is -0.530. The summed E-state index contributed by atoms with van der Waals surface area (Å²) in [7, 11) is 0. The van der Waals surface area contributed by atoms with Gasteiger partial charge in [-0.1, -0.05) is 136 Å². The molecule has 0 aromatic rings. The molecule has 0 amide bonds. The van der Waals surface area contributed by atoms with E-state index >= 15 is 0 Å². The van der Waals surface area contributed by atoms with Crippen LogP contribution in [0.25, 0.3) is 0 Å². The van der Waals surface area contributed by atoms with Gasteiger partial charge in [-0.3, -0.25) is 4.79 Å². The Balaban J connectivity index is 3.19. The lowest BCUT2D eigenvalue weighted by atomic mass is 9.97. The molecule has 0 unspecified atom stereocenters. The van der Waals surface area contributed by atoms with Gasteiger partial charge in [-0.15, -0.1) is 0 Å². The molecule has 2 nitrogen and oxygen atoms in total. The number of esters is 1. The topological polar surface area (TPSA) is 26.3 Å². The lowest BCUT2D eigenvalue weighted by Crippen LogP contribution is -2.06. The summed E-state index contributed by atoms with van der Waals surface area (Å²) in [6, 6.07) is 0. The van der Waals surface area contributed by atoms with E-state index in [1.807, 2.05) is 0 Å². The van der Waals surface area contributed by atoms with Crippen molar-refractivity contribution in [3.63, 3.8) is 0 Å². The van der Waals surface area contributed by atoms with E-state index in [1.54, 1.807) is 0 Å². The van der Waals surface area contributed by atoms with Crippen molar-refractivity contribution in [2.75, 3.05) is 6.61 Å². The maximum absolute atomic E-state index is 11.8. The van der Waals surface area contributed by atoms with Crippen molar-refractivity contribution in [2.24, 2.45) is 5.92 Å². The van der Waals surface area contributed by atoms with Crippen LogP contribution in [0.4, 0.5) is 0 Å². The Kier molecular flexibility index (Phi) is 23.3. The smallest absolute Gasteiger partial charge is 0.305 e. The number of rotatable bonds is 23. The molecule has 0 saturated carbocycles. The Morgan fingerprint density at radius 1 is 0.586 bits per heavy atom.